The maximum Gasteiger partial charge on any atom is 0.224 e. The van der Waals surface area contributed by atoms with Gasteiger partial charge in [0.25, 0.3) is 0 Å². The van der Waals surface area contributed by atoms with Crippen molar-refractivity contribution in [1.82, 2.24) is 9.78 Å². The van der Waals surface area contributed by atoms with Crippen LogP contribution in [0.1, 0.15) is 39.3 Å². The molecule has 2 unspecified atom stereocenters. The Morgan fingerprint density at radius 1 is 1.27 bits per heavy atom. The highest BCUT2D eigenvalue weighted by molar-refractivity contribution is 5.95. The van der Waals surface area contributed by atoms with Crippen LogP contribution in [0, 0.1) is 23.2 Å². The topological polar surface area (TPSA) is 79.9 Å². The summed E-state index contributed by atoms with van der Waals surface area (Å²) in [5, 5.41) is 18.0. The molecule has 0 saturated carbocycles. The summed E-state index contributed by atoms with van der Waals surface area (Å²) in [5.74, 6) is 0.276. The number of amides is 1. The number of rotatable bonds is 5. The second kappa shape index (κ2) is 8.68. The molecule has 0 bridgehead atoms. The number of nitrogens with zero attached hydrogens (tertiary/aromatic N) is 3. The number of hydrogen-bond acceptors (Lipinski definition) is 4. The van der Waals surface area contributed by atoms with Crippen LogP contribution in [0.3, 0.4) is 0 Å². The minimum atomic E-state index is -0.179. The van der Waals surface area contributed by atoms with Gasteiger partial charge in [0.1, 0.15) is 5.69 Å². The Labute approximate surface area is 176 Å². The normalized spacial score (nSPS) is 19.0. The van der Waals surface area contributed by atoms with Crippen molar-refractivity contribution in [1.29, 1.82) is 5.26 Å². The zero-order chi connectivity index (χ0) is 21.1. The molecular formula is C24H26N4O2. The Balaban J connectivity index is 1.66. The average Bonchev–Trinajstić information content (AvgIpc) is 3.13. The summed E-state index contributed by atoms with van der Waals surface area (Å²) in [6, 6.07) is 18.2. The van der Waals surface area contributed by atoms with Gasteiger partial charge in [0.2, 0.25) is 5.91 Å². The van der Waals surface area contributed by atoms with Crippen LogP contribution in [0.25, 0.3) is 22.2 Å². The molecule has 0 aliphatic carbocycles. The molecule has 3 aromatic rings. The molecule has 0 spiro atoms. The van der Waals surface area contributed by atoms with Crippen molar-refractivity contribution in [2.24, 2.45) is 11.8 Å². The first-order valence-corrected chi connectivity index (χ1v) is 10.4. The Morgan fingerprint density at radius 3 is 2.83 bits per heavy atom. The van der Waals surface area contributed by atoms with E-state index in [1.165, 1.54) is 0 Å². The van der Waals surface area contributed by atoms with Crippen LogP contribution in [-0.4, -0.2) is 22.3 Å². The average molecular weight is 402 g/mol. The van der Waals surface area contributed by atoms with E-state index < -0.39 is 0 Å². The molecule has 2 atom stereocenters. The Bertz CT molecular complexity index is 1090. The van der Waals surface area contributed by atoms with Gasteiger partial charge in [0, 0.05) is 23.1 Å². The lowest BCUT2D eigenvalue weighted by Gasteiger charge is -2.26. The minimum absolute atomic E-state index is 0.0141. The zero-order valence-electron chi connectivity index (χ0n) is 17.3. The quantitative estimate of drug-likeness (QED) is 0.641. The number of aromatic nitrogens is 2. The molecule has 1 aliphatic rings. The molecule has 2 aromatic carbocycles. The SMILES string of the molecule is CC(C)CC(=O)Nc1cccc(-c2nn(C3CCC(C#N)CO3)c3ccccc23)c1. The Kier molecular flexibility index (Phi) is 5.82. The molecule has 1 aliphatic heterocycles. The number of fused-ring (bicyclic) bond motifs is 1. The van der Waals surface area contributed by atoms with Gasteiger partial charge in [-0.2, -0.15) is 10.4 Å². The van der Waals surface area contributed by atoms with Gasteiger partial charge in [-0.15, -0.1) is 0 Å². The highest BCUT2D eigenvalue weighted by atomic mass is 16.5. The maximum absolute atomic E-state index is 12.2. The summed E-state index contributed by atoms with van der Waals surface area (Å²) in [4.78, 5) is 12.2. The number of nitriles is 1. The molecule has 4 rings (SSSR count). The van der Waals surface area contributed by atoms with Crippen molar-refractivity contribution >= 4 is 22.5 Å². The molecule has 6 heteroatoms. The minimum Gasteiger partial charge on any atom is -0.355 e. The van der Waals surface area contributed by atoms with Gasteiger partial charge in [0.15, 0.2) is 6.23 Å². The van der Waals surface area contributed by atoms with Crippen LogP contribution in [0.15, 0.2) is 48.5 Å². The maximum atomic E-state index is 12.2. The second-order valence-corrected chi connectivity index (χ2v) is 8.23. The Morgan fingerprint density at radius 2 is 2.10 bits per heavy atom. The molecule has 154 valence electrons. The summed E-state index contributed by atoms with van der Waals surface area (Å²) in [6.07, 6.45) is 1.88. The van der Waals surface area contributed by atoms with E-state index in [4.69, 9.17) is 15.1 Å². The summed E-state index contributed by atoms with van der Waals surface area (Å²) in [7, 11) is 0. The third kappa shape index (κ3) is 4.22. The number of ether oxygens (including phenoxy) is 1. The first-order chi connectivity index (χ1) is 14.5. The van der Waals surface area contributed by atoms with E-state index >= 15 is 0 Å². The van der Waals surface area contributed by atoms with Crippen molar-refractivity contribution in [3.8, 4) is 17.3 Å². The van der Waals surface area contributed by atoms with Crippen LogP contribution in [0.4, 0.5) is 5.69 Å². The van der Waals surface area contributed by atoms with E-state index in [1.807, 2.05) is 61.0 Å². The van der Waals surface area contributed by atoms with E-state index in [1.54, 1.807) is 0 Å². The molecule has 0 radical (unpaired) electrons. The third-order valence-corrected chi connectivity index (χ3v) is 5.33. The first kappa shape index (κ1) is 20.1. The van der Waals surface area contributed by atoms with Gasteiger partial charge in [-0.25, -0.2) is 4.68 Å². The first-order valence-electron chi connectivity index (χ1n) is 10.4. The molecule has 1 saturated heterocycles. The fraction of sp³-hybridized carbons (Fsp3) is 0.375. The van der Waals surface area contributed by atoms with Gasteiger partial charge in [0.05, 0.1) is 24.1 Å². The molecule has 1 fully saturated rings. The fourth-order valence-corrected chi connectivity index (χ4v) is 3.88. The highest BCUT2D eigenvalue weighted by Gasteiger charge is 2.25. The number of carbonyl (C=O) groups excluding carboxylic acids is 1. The van der Waals surface area contributed by atoms with E-state index in [0.29, 0.717) is 18.9 Å². The second-order valence-electron chi connectivity index (χ2n) is 8.23. The smallest absolute Gasteiger partial charge is 0.224 e. The van der Waals surface area contributed by atoms with Gasteiger partial charge in [-0.3, -0.25) is 4.79 Å². The van der Waals surface area contributed by atoms with Crippen LogP contribution in [0.5, 0.6) is 0 Å². The van der Waals surface area contributed by atoms with E-state index in [0.717, 1.165) is 40.7 Å². The predicted octanol–water partition coefficient (Wildman–Crippen LogP) is 5.14. The third-order valence-electron chi connectivity index (χ3n) is 5.33. The predicted molar refractivity (Wildman–Crippen MR) is 117 cm³/mol. The van der Waals surface area contributed by atoms with Crippen molar-refractivity contribution in [2.75, 3.05) is 11.9 Å². The van der Waals surface area contributed by atoms with Crippen LogP contribution in [-0.2, 0) is 9.53 Å². The van der Waals surface area contributed by atoms with Crippen LogP contribution in [0.2, 0.25) is 0 Å². The molecule has 1 aromatic heterocycles. The van der Waals surface area contributed by atoms with Gasteiger partial charge < -0.3 is 10.1 Å². The van der Waals surface area contributed by atoms with Gasteiger partial charge in [-0.1, -0.05) is 44.2 Å². The lowest BCUT2D eigenvalue weighted by Crippen LogP contribution is -2.24. The lowest BCUT2D eigenvalue weighted by molar-refractivity contribution is -0.116. The van der Waals surface area contributed by atoms with E-state index in [9.17, 15) is 4.79 Å². The number of nitrogens with one attached hydrogen (secondary N) is 1. The molecule has 6 nitrogen and oxygen atoms in total. The molecule has 2 heterocycles. The van der Waals surface area contributed by atoms with Crippen molar-refractivity contribution in [3.05, 3.63) is 48.5 Å². The summed E-state index contributed by atoms with van der Waals surface area (Å²) in [5.41, 5.74) is 3.57. The van der Waals surface area contributed by atoms with Crippen molar-refractivity contribution < 1.29 is 9.53 Å². The fourth-order valence-electron chi connectivity index (χ4n) is 3.88. The number of hydrogen-bond donors (Lipinski definition) is 1. The molecule has 1 amide bonds. The van der Waals surface area contributed by atoms with Gasteiger partial charge >= 0.3 is 0 Å². The largest absolute Gasteiger partial charge is 0.355 e. The van der Waals surface area contributed by atoms with E-state index in [2.05, 4.69) is 17.5 Å². The number of para-hydroxylation sites is 1. The van der Waals surface area contributed by atoms with Gasteiger partial charge in [-0.05, 0) is 37.0 Å². The Hall–Kier alpha value is -3.17. The monoisotopic (exact) mass is 402 g/mol. The van der Waals surface area contributed by atoms with Crippen LogP contribution < -0.4 is 5.32 Å². The standard InChI is InChI=1S/C24H26N4O2/c1-16(2)12-22(29)26-19-7-5-6-18(13-19)24-20-8-3-4-9-21(20)28(27-24)23-11-10-17(14-25)15-30-23/h3-9,13,16-17,23H,10-12,15H2,1-2H3,(H,26,29). The summed E-state index contributed by atoms with van der Waals surface area (Å²) in [6.45, 7) is 4.49. The summed E-state index contributed by atoms with van der Waals surface area (Å²) < 4.78 is 7.89. The van der Waals surface area contributed by atoms with Crippen molar-refractivity contribution in [2.45, 2.75) is 39.3 Å². The molecular weight excluding hydrogens is 376 g/mol. The van der Waals surface area contributed by atoms with Crippen LogP contribution >= 0.6 is 0 Å². The lowest BCUT2D eigenvalue weighted by atomic mass is 10.0. The number of carbonyl (C=O) groups is 1. The number of benzene rings is 2. The highest BCUT2D eigenvalue weighted by Crippen LogP contribution is 2.34. The zero-order valence-corrected chi connectivity index (χ0v) is 17.3. The molecule has 30 heavy (non-hydrogen) atoms. The summed E-state index contributed by atoms with van der Waals surface area (Å²) >= 11 is 0. The van der Waals surface area contributed by atoms with E-state index in [-0.39, 0.29) is 18.1 Å². The number of anilines is 1. The molecule has 1 N–H and O–H groups in total. The van der Waals surface area contributed by atoms with Crippen molar-refractivity contribution in [3.63, 3.8) is 0 Å².